The molecular weight excluding hydrogens is 528 g/mol. The van der Waals surface area contributed by atoms with E-state index < -0.39 is 5.97 Å². The molecule has 0 amide bonds. The van der Waals surface area contributed by atoms with Gasteiger partial charge in [-0.05, 0) is 58.7 Å². The van der Waals surface area contributed by atoms with Crippen LogP contribution in [-0.2, 0) is 4.79 Å². The maximum absolute atomic E-state index is 10.5. The number of carboxylic acids is 1. The smallest absolute Gasteiger partial charge is 0.317 e. The molecule has 0 aromatic heterocycles. The summed E-state index contributed by atoms with van der Waals surface area (Å²) in [4.78, 5) is 12.4. The third-order valence-electron chi connectivity index (χ3n) is 8.51. The Kier molecular flexibility index (Phi) is 42.3. The van der Waals surface area contributed by atoms with E-state index in [4.69, 9.17) is 10.8 Å². The predicted octanol–water partition coefficient (Wildman–Crippen LogP) is 12.2. The van der Waals surface area contributed by atoms with Crippen LogP contribution in [0.3, 0.4) is 0 Å². The van der Waals surface area contributed by atoms with Crippen LogP contribution < -0.4 is 5.73 Å². The second-order valence-electron chi connectivity index (χ2n) is 13.2. The zero-order valence-electron chi connectivity index (χ0n) is 29.9. The fourth-order valence-electron chi connectivity index (χ4n) is 5.63. The van der Waals surface area contributed by atoms with Gasteiger partial charge in [0.15, 0.2) is 0 Å². The SMILES string of the molecule is CCCCCCCC/C=C\CCCCCCCCN(C)CC(=O)O.CCCCCCCCCCCCCCCCCCN. The van der Waals surface area contributed by atoms with Crippen molar-refractivity contribution in [2.24, 2.45) is 5.73 Å². The molecular formula is C39H80N2O2. The van der Waals surface area contributed by atoms with Gasteiger partial charge >= 0.3 is 5.97 Å². The number of unbranched alkanes of at least 4 members (excludes halogenated alkanes) is 27. The van der Waals surface area contributed by atoms with E-state index in [0.717, 1.165) is 19.5 Å². The molecule has 3 N–H and O–H groups in total. The van der Waals surface area contributed by atoms with Gasteiger partial charge in [-0.2, -0.15) is 0 Å². The lowest BCUT2D eigenvalue weighted by atomic mass is 10.0. The predicted molar refractivity (Wildman–Crippen MR) is 193 cm³/mol. The average molecular weight is 609 g/mol. The summed E-state index contributed by atoms with van der Waals surface area (Å²) in [5.41, 5.74) is 5.48. The molecule has 0 heterocycles. The first kappa shape index (κ1) is 44.3. The van der Waals surface area contributed by atoms with Gasteiger partial charge in [0.05, 0.1) is 6.54 Å². The van der Waals surface area contributed by atoms with Gasteiger partial charge in [0.25, 0.3) is 0 Å². The molecule has 0 aliphatic rings. The molecule has 0 rings (SSSR count). The summed E-state index contributed by atoms with van der Waals surface area (Å²) in [5.74, 6) is -0.734. The van der Waals surface area contributed by atoms with E-state index in [0.29, 0.717) is 0 Å². The van der Waals surface area contributed by atoms with E-state index in [1.54, 1.807) is 0 Å². The second-order valence-corrected chi connectivity index (χ2v) is 13.2. The quantitative estimate of drug-likeness (QED) is 0.0563. The monoisotopic (exact) mass is 609 g/mol. The highest BCUT2D eigenvalue weighted by Gasteiger charge is 2.03. The Morgan fingerprint density at radius 2 is 0.814 bits per heavy atom. The molecule has 0 spiro atoms. The summed E-state index contributed by atoms with van der Waals surface area (Å²) < 4.78 is 0. The molecule has 0 aromatic rings. The number of nitrogens with two attached hydrogens (primary N) is 1. The van der Waals surface area contributed by atoms with E-state index in [2.05, 4.69) is 26.0 Å². The number of hydrogen-bond acceptors (Lipinski definition) is 3. The first-order chi connectivity index (χ1) is 21.1. The zero-order chi connectivity index (χ0) is 31.9. The molecule has 0 bridgehead atoms. The third-order valence-corrected chi connectivity index (χ3v) is 8.51. The van der Waals surface area contributed by atoms with Crippen molar-refractivity contribution in [2.75, 3.05) is 26.7 Å². The van der Waals surface area contributed by atoms with Crippen molar-refractivity contribution in [1.82, 2.24) is 4.90 Å². The average Bonchev–Trinajstić information content (AvgIpc) is 2.99. The first-order valence-electron chi connectivity index (χ1n) is 19.3. The Morgan fingerprint density at radius 3 is 1.14 bits per heavy atom. The van der Waals surface area contributed by atoms with Crippen LogP contribution in [0.4, 0.5) is 0 Å². The van der Waals surface area contributed by atoms with Gasteiger partial charge < -0.3 is 10.8 Å². The van der Waals surface area contributed by atoms with Crippen molar-refractivity contribution in [3.8, 4) is 0 Å². The van der Waals surface area contributed by atoms with Crippen LogP contribution in [0.15, 0.2) is 12.2 Å². The topological polar surface area (TPSA) is 66.6 Å². The highest BCUT2D eigenvalue weighted by atomic mass is 16.4. The number of nitrogens with zero attached hydrogens (tertiary/aromatic N) is 1. The molecule has 0 aliphatic carbocycles. The number of rotatable bonds is 34. The third kappa shape index (κ3) is 45.7. The molecule has 0 fully saturated rings. The summed E-state index contributed by atoms with van der Waals surface area (Å²) in [6.07, 6.45) is 46.0. The van der Waals surface area contributed by atoms with Gasteiger partial charge in [0.1, 0.15) is 0 Å². The normalized spacial score (nSPS) is 11.4. The Balaban J connectivity index is 0. The van der Waals surface area contributed by atoms with Crippen molar-refractivity contribution in [1.29, 1.82) is 0 Å². The van der Waals surface area contributed by atoms with E-state index in [-0.39, 0.29) is 6.54 Å². The number of likely N-dealkylation sites (N-methyl/N-ethyl adjacent to an activating group) is 1. The maximum atomic E-state index is 10.5. The van der Waals surface area contributed by atoms with Crippen molar-refractivity contribution in [3.05, 3.63) is 12.2 Å². The molecule has 0 aliphatic heterocycles. The van der Waals surface area contributed by atoms with E-state index in [1.807, 2.05) is 11.9 Å². The highest BCUT2D eigenvalue weighted by molar-refractivity contribution is 5.68. The number of carbonyl (C=O) groups is 1. The minimum atomic E-state index is -0.734. The van der Waals surface area contributed by atoms with Crippen LogP contribution >= 0.6 is 0 Å². The Bertz CT molecular complexity index is 521. The standard InChI is InChI=1S/C21H41NO2.C18H39N/c1-3-4-5-6-7-8-9-10-11-12-13-14-15-16-17-18-19-22(2)20-21(23)24;1-2-3-4-5-6-7-8-9-10-11-12-13-14-15-16-17-18-19/h10-11H,3-9,12-20H2,1-2H3,(H,23,24);2-19H2,1H3/b11-10-;. The molecule has 4 nitrogen and oxygen atoms in total. The summed E-state index contributed by atoms with van der Waals surface area (Å²) in [6, 6.07) is 0. The van der Waals surface area contributed by atoms with Gasteiger partial charge in [0, 0.05) is 0 Å². The Morgan fingerprint density at radius 1 is 0.512 bits per heavy atom. The minimum Gasteiger partial charge on any atom is -0.480 e. The van der Waals surface area contributed by atoms with E-state index in [9.17, 15) is 4.79 Å². The summed E-state index contributed by atoms with van der Waals surface area (Å²) in [5, 5.41) is 8.67. The van der Waals surface area contributed by atoms with Crippen LogP contribution in [0, 0.1) is 0 Å². The van der Waals surface area contributed by atoms with Crippen LogP contribution in [0.1, 0.15) is 206 Å². The largest absolute Gasteiger partial charge is 0.480 e. The molecule has 0 atom stereocenters. The highest BCUT2D eigenvalue weighted by Crippen LogP contribution is 2.14. The van der Waals surface area contributed by atoms with Gasteiger partial charge in [0.2, 0.25) is 0 Å². The maximum Gasteiger partial charge on any atom is 0.317 e. The Labute approximate surface area is 271 Å². The molecule has 43 heavy (non-hydrogen) atoms. The van der Waals surface area contributed by atoms with Gasteiger partial charge in [-0.1, -0.05) is 180 Å². The van der Waals surface area contributed by atoms with Gasteiger partial charge in [-0.15, -0.1) is 0 Å². The van der Waals surface area contributed by atoms with Crippen molar-refractivity contribution in [2.45, 2.75) is 206 Å². The molecule has 0 radical (unpaired) electrons. The second kappa shape index (κ2) is 41.1. The lowest BCUT2D eigenvalue weighted by molar-refractivity contribution is -0.137. The van der Waals surface area contributed by atoms with E-state index in [1.165, 1.54) is 186 Å². The summed E-state index contributed by atoms with van der Waals surface area (Å²) in [6.45, 7) is 6.49. The molecule has 0 saturated heterocycles. The van der Waals surface area contributed by atoms with E-state index >= 15 is 0 Å². The summed E-state index contributed by atoms with van der Waals surface area (Å²) >= 11 is 0. The van der Waals surface area contributed by atoms with Crippen molar-refractivity contribution < 1.29 is 9.90 Å². The molecule has 0 unspecified atom stereocenters. The number of allylic oxidation sites excluding steroid dienone is 2. The Hall–Kier alpha value is -0.870. The van der Waals surface area contributed by atoms with Crippen LogP contribution in [-0.4, -0.2) is 42.7 Å². The zero-order valence-corrected chi connectivity index (χ0v) is 29.9. The molecule has 258 valence electrons. The fourth-order valence-corrected chi connectivity index (χ4v) is 5.63. The lowest BCUT2D eigenvalue weighted by Crippen LogP contribution is -2.26. The number of hydrogen-bond donors (Lipinski definition) is 2. The first-order valence-corrected chi connectivity index (χ1v) is 19.3. The fraction of sp³-hybridized carbons (Fsp3) is 0.923. The van der Waals surface area contributed by atoms with Gasteiger partial charge in [-0.25, -0.2) is 0 Å². The number of carboxylic acid groups (broad SMARTS) is 1. The van der Waals surface area contributed by atoms with Crippen LogP contribution in [0.25, 0.3) is 0 Å². The van der Waals surface area contributed by atoms with Crippen LogP contribution in [0.5, 0.6) is 0 Å². The molecule has 0 saturated carbocycles. The summed E-state index contributed by atoms with van der Waals surface area (Å²) in [7, 11) is 1.88. The molecule has 4 heteroatoms. The lowest BCUT2D eigenvalue weighted by Gasteiger charge is -2.13. The van der Waals surface area contributed by atoms with Crippen molar-refractivity contribution >= 4 is 5.97 Å². The molecule has 0 aromatic carbocycles. The van der Waals surface area contributed by atoms with Crippen molar-refractivity contribution in [3.63, 3.8) is 0 Å². The number of aliphatic carboxylic acids is 1. The van der Waals surface area contributed by atoms with Crippen LogP contribution in [0.2, 0.25) is 0 Å². The minimum absolute atomic E-state index is 0.158. The van der Waals surface area contributed by atoms with Gasteiger partial charge in [-0.3, -0.25) is 9.69 Å².